The summed E-state index contributed by atoms with van der Waals surface area (Å²) in [7, 11) is 0. The Morgan fingerprint density at radius 1 is 0.333 bits per heavy atom. The summed E-state index contributed by atoms with van der Waals surface area (Å²) < 4.78 is 16.8. The predicted molar refractivity (Wildman–Crippen MR) is 243 cm³/mol. The molecule has 0 saturated heterocycles. The molecule has 0 fully saturated rings. The van der Waals surface area contributed by atoms with E-state index in [0.717, 1.165) is 63.7 Å². The molecule has 0 N–H and O–H groups in total. The molecular weight excluding hydrogens is 709 g/mol. The number of esters is 3. The summed E-state index contributed by atoms with van der Waals surface area (Å²) in [5.74, 6) is -0.0187. The first-order valence-corrected chi connectivity index (χ1v) is 25.4. The molecule has 6 heteroatoms. The van der Waals surface area contributed by atoms with Gasteiger partial charge in [-0.3, -0.25) is 14.4 Å². The maximum absolute atomic E-state index is 12.8. The fourth-order valence-corrected chi connectivity index (χ4v) is 7.69. The second-order valence-corrected chi connectivity index (χ2v) is 17.9. The van der Waals surface area contributed by atoms with Crippen molar-refractivity contribution in [2.24, 2.45) is 5.92 Å². The van der Waals surface area contributed by atoms with Crippen LogP contribution in [-0.2, 0) is 28.6 Å². The highest BCUT2D eigenvalue weighted by Crippen LogP contribution is 2.17. The van der Waals surface area contributed by atoms with Crippen LogP contribution in [0.15, 0.2) is 0 Å². The Kier molecular flexibility index (Phi) is 44.2. The Hall–Kier alpha value is -1.59. The molecule has 57 heavy (non-hydrogen) atoms. The fourth-order valence-electron chi connectivity index (χ4n) is 7.69. The first-order chi connectivity index (χ1) is 27.9. The number of rotatable bonds is 46. The largest absolute Gasteiger partial charge is 0.462 e. The lowest BCUT2D eigenvalue weighted by Crippen LogP contribution is -2.30. The van der Waals surface area contributed by atoms with Crippen molar-refractivity contribution >= 4 is 17.9 Å². The Labute approximate surface area is 355 Å². The molecule has 0 amide bonds. The lowest BCUT2D eigenvalue weighted by molar-refractivity contribution is -0.167. The average molecular weight is 807 g/mol. The number of carbonyl (C=O) groups excluding carboxylic acids is 3. The van der Waals surface area contributed by atoms with E-state index in [1.807, 2.05) is 0 Å². The summed E-state index contributed by atoms with van der Waals surface area (Å²) in [4.78, 5) is 37.9. The van der Waals surface area contributed by atoms with E-state index < -0.39 is 6.10 Å². The maximum atomic E-state index is 12.8. The van der Waals surface area contributed by atoms with Gasteiger partial charge in [0.1, 0.15) is 13.2 Å². The van der Waals surface area contributed by atoms with E-state index in [1.54, 1.807) is 0 Å². The minimum absolute atomic E-state index is 0.0628. The van der Waals surface area contributed by atoms with Gasteiger partial charge in [-0.2, -0.15) is 0 Å². The second-order valence-electron chi connectivity index (χ2n) is 17.9. The van der Waals surface area contributed by atoms with Crippen LogP contribution in [0.1, 0.15) is 285 Å². The van der Waals surface area contributed by atoms with E-state index in [0.29, 0.717) is 19.3 Å². The average Bonchev–Trinajstić information content (AvgIpc) is 3.19. The van der Waals surface area contributed by atoms with Gasteiger partial charge in [-0.25, -0.2) is 0 Å². The lowest BCUT2D eigenvalue weighted by Gasteiger charge is -2.18. The number of hydrogen-bond donors (Lipinski definition) is 0. The van der Waals surface area contributed by atoms with Crippen molar-refractivity contribution in [1.29, 1.82) is 0 Å². The minimum atomic E-state index is -0.760. The fraction of sp³-hybridized carbons (Fsp3) is 0.941. The van der Waals surface area contributed by atoms with Crippen molar-refractivity contribution < 1.29 is 28.6 Å². The van der Waals surface area contributed by atoms with Gasteiger partial charge in [0.15, 0.2) is 6.10 Å². The monoisotopic (exact) mass is 807 g/mol. The van der Waals surface area contributed by atoms with Gasteiger partial charge in [0.2, 0.25) is 0 Å². The maximum Gasteiger partial charge on any atom is 0.306 e. The van der Waals surface area contributed by atoms with Gasteiger partial charge in [0, 0.05) is 19.3 Å². The van der Waals surface area contributed by atoms with Crippen LogP contribution < -0.4 is 0 Å². The van der Waals surface area contributed by atoms with Crippen LogP contribution in [0, 0.1) is 5.92 Å². The van der Waals surface area contributed by atoms with Crippen LogP contribution in [0.2, 0.25) is 0 Å². The molecule has 0 unspecified atom stereocenters. The molecular formula is C51H98O6. The first kappa shape index (κ1) is 55.4. The Balaban J connectivity index is 4.31. The predicted octanol–water partition coefficient (Wildman–Crippen LogP) is 16.3. The third-order valence-electron chi connectivity index (χ3n) is 11.5. The Morgan fingerprint density at radius 3 is 0.860 bits per heavy atom. The number of carbonyl (C=O) groups is 3. The minimum Gasteiger partial charge on any atom is -0.462 e. The van der Waals surface area contributed by atoms with Crippen LogP contribution in [0.3, 0.4) is 0 Å². The van der Waals surface area contributed by atoms with Crippen molar-refractivity contribution in [1.82, 2.24) is 0 Å². The third-order valence-corrected chi connectivity index (χ3v) is 11.5. The molecule has 0 saturated carbocycles. The van der Waals surface area contributed by atoms with Gasteiger partial charge in [-0.05, 0) is 25.2 Å². The summed E-state index contributed by atoms with van der Waals surface area (Å²) in [6.45, 7) is 9.01. The summed E-state index contributed by atoms with van der Waals surface area (Å²) in [5, 5.41) is 0. The molecule has 6 nitrogen and oxygen atoms in total. The van der Waals surface area contributed by atoms with E-state index in [-0.39, 0.29) is 31.1 Å². The first-order valence-electron chi connectivity index (χ1n) is 25.4. The molecule has 1 atom stereocenters. The van der Waals surface area contributed by atoms with Gasteiger partial charge < -0.3 is 14.2 Å². The molecule has 0 radical (unpaired) electrons. The van der Waals surface area contributed by atoms with E-state index in [4.69, 9.17) is 14.2 Å². The highest BCUT2D eigenvalue weighted by molar-refractivity contribution is 5.71. The van der Waals surface area contributed by atoms with E-state index in [9.17, 15) is 14.4 Å². The molecule has 0 aliphatic rings. The number of ether oxygens (including phenoxy) is 3. The normalized spacial score (nSPS) is 11.9. The van der Waals surface area contributed by atoms with Gasteiger partial charge in [-0.1, -0.05) is 246 Å². The summed E-state index contributed by atoms with van der Waals surface area (Å²) in [5.41, 5.74) is 0. The molecule has 0 aromatic rings. The van der Waals surface area contributed by atoms with Crippen LogP contribution >= 0.6 is 0 Å². The van der Waals surface area contributed by atoms with E-state index >= 15 is 0 Å². The Morgan fingerprint density at radius 2 is 0.579 bits per heavy atom. The quantitative estimate of drug-likeness (QED) is 0.0346. The van der Waals surface area contributed by atoms with Gasteiger partial charge in [0.05, 0.1) is 0 Å². The topological polar surface area (TPSA) is 78.9 Å². The molecule has 0 bridgehead atoms. The van der Waals surface area contributed by atoms with Crippen molar-refractivity contribution in [3.8, 4) is 0 Å². The third kappa shape index (κ3) is 45.3. The Bertz CT molecular complexity index is 857. The van der Waals surface area contributed by atoms with Crippen molar-refractivity contribution in [2.75, 3.05) is 13.2 Å². The van der Waals surface area contributed by atoms with Crippen molar-refractivity contribution in [3.05, 3.63) is 0 Å². The zero-order valence-corrected chi connectivity index (χ0v) is 38.8. The van der Waals surface area contributed by atoms with E-state index in [2.05, 4.69) is 27.7 Å². The molecule has 0 rings (SSSR count). The van der Waals surface area contributed by atoms with Gasteiger partial charge >= 0.3 is 17.9 Å². The zero-order chi connectivity index (χ0) is 41.7. The van der Waals surface area contributed by atoms with Gasteiger partial charge in [0.25, 0.3) is 0 Å². The van der Waals surface area contributed by atoms with Crippen LogP contribution in [-0.4, -0.2) is 37.2 Å². The highest BCUT2D eigenvalue weighted by atomic mass is 16.6. The number of unbranched alkanes of at least 4 members (excludes halogenated alkanes) is 33. The molecule has 0 aliphatic carbocycles. The van der Waals surface area contributed by atoms with Gasteiger partial charge in [-0.15, -0.1) is 0 Å². The van der Waals surface area contributed by atoms with E-state index in [1.165, 1.54) is 180 Å². The second kappa shape index (κ2) is 45.5. The van der Waals surface area contributed by atoms with Crippen LogP contribution in [0.5, 0.6) is 0 Å². The molecule has 0 aliphatic heterocycles. The summed E-state index contributed by atoms with van der Waals surface area (Å²) in [6.07, 6.45) is 46.5. The molecule has 0 aromatic carbocycles. The standard InChI is InChI=1S/C51H98O6/c1-5-7-9-11-13-15-17-19-23-28-32-36-40-44-51(54)57-48(45-55-49(52)42-38-34-30-26-22-18-16-14-12-10-8-6-2)46-56-50(53)43-39-35-31-27-24-20-21-25-29-33-37-41-47(3)4/h47-48H,5-46H2,1-4H3/t48-/m1/s1. The summed E-state index contributed by atoms with van der Waals surface area (Å²) in [6, 6.07) is 0. The molecule has 338 valence electrons. The molecule has 0 heterocycles. The number of hydrogen-bond acceptors (Lipinski definition) is 6. The lowest BCUT2D eigenvalue weighted by atomic mass is 10.0. The zero-order valence-electron chi connectivity index (χ0n) is 38.8. The molecule has 0 spiro atoms. The SMILES string of the molecule is CCCCCCCCCCCCCCCC(=O)O[C@H](COC(=O)CCCCCCCCCCCCCC)COC(=O)CCCCCCCCCCCCCC(C)C. The van der Waals surface area contributed by atoms with Crippen molar-refractivity contribution in [2.45, 2.75) is 291 Å². The van der Waals surface area contributed by atoms with Crippen LogP contribution in [0.4, 0.5) is 0 Å². The molecule has 0 aromatic heterocycles. The van der Waals surface area contributed by atoms with Crippen molar-refractivity contribution in [3.63, 3.8) is 0 Å². The summed E-state index contributed by atoms with van der Waals surface area (Å²) >= 11 is 0. The smallest absolute Gasteiger partial charge is 0.306 e. The van der Waals surface area contributed by atoms with Crippen LogP contribution in [0.25, 0.3) is 0 Å². The highest BCUT2D eigenvalue weighted by Gasteiger charge is 2.19.